The molecule has 0 aliphatic rings. The van der Waals surface area contributed by atoms with Crippen molar-refractivity contribution in [3.63, 3.8) is 0 Å². The number of thiophene rings is 1. The number of imide groups is 1. The summed E-state index contributed by atoms with van der Waals surface area (Å²) in [5.41, 5.74) is 0.731. The van der Waals surface area contributed by atoms with Gasteiger partial charge in [-0.15, -0.1) is 11.3 Å². The first-order chi connectivity index (χ1) is 8.68. The fourth-order valence-electron chi connectivity index (χ4n) is 1.42. The molecular weight excluding hydrogens is 248 g/mol. The molecule has 2 aromatic rings. The second kappa shape index (κ2) is 5.46. The van der Waals surface area contributed by atoms with Crippen LogP contribution in [0.2, 0.25) is 0 Å². The monoisotopic (exact) mass is 260 g/mol. The average Bonchev–Trinajstić information content (AvgIpc) is 2.92. The number of nitrogens with zero attached hydrogens (tertiary/aromatic N) is 1. The number of para-hydroxylation sites is 1. The molecule has 1 aromatic heterocycles. The first kappa shape index (κ1) is 12.3. The van der Waals surface area contributed by atoms with Gasteiger partial charge in [-0.1, -0.05) is 24.3 Å². The minimum Gasteiger partial charge on any atom is -0.297 e. The number of carbonyl (C=O) groups is 2. The van der Waals surface area contributed by atoms with Crippen molar-refractivity contribution in [2.45, 2.75) is 0 Å². The van der Waals surface area contributed by atoms with E-state index < -0.39 is 6.03 Å². The molecule has 0 saturated carbocycles. The van der Waals surface area contributed by atoms with E-state index in [1.165, 1.54) is 16.2 Å². The quantitative estimate of drug-likeness (QED) is 0.902. The largest absolute Gasteiger partial charge is 0.328 e. The molecule has 0 saturated heterocycles. The van der Waals surface area contributed by atoms with Gasteiger partial charge in [0.05, 0.1) is 4.88 Å². The van der Waals surface area contributed by atoms with Crippen LogP contribution in [-0.2, 0) is 0 Å². The molecule has 0 fully saturated rings. The molecule has 1 heterocycles. The maximum absolute atomic E-state index is 11.8. The van der Waals surface area contributed by atoms with Gasteiger partial charge in [-0.25, -0.2) is 4.79 Å². The van der Waals surface area contributed by atoms with Gasteiger partial charge in [0.15, 0.2) is 0 Å². The van der Waals surface area contributed by atoms with E-state index >= 15 is 0 Å². The van der Waals surface area contributed by atoms with Crippen LogP contribution in [0.5, 0.6) is 0 Å². The van der Waals surface area contributed by atoms with Crippen molar-refractivity contribution in [3.05, 3.63) is 52.7 Å². The fourth-order valence-corrected chi connectivity index (χ4v) is 2.04. The third kappa shape index (κ3) is 2.75. The Balaban J connectivity index is 2.02. The molecular formula is C13H12N2O2S. The summed E-state index contributed by atoms with van der Waals surface area (Å²) in [6.07, 6.45) is 0. The second-order valence-corrected chi connectivity index (χ2v) is 4.58. The van der Waals surface area contributed by atoms with Crippen molar-refractivity contribution < 1.29 is 9.59 Å². The van der Waals surface area contributed by atoms with Crippen molar-refractivity contribution in [2.75, 3.05) is 11.9 Å². The lowest BCUT2D eigenvalue weighted by atomic mass is 10.3. The number of urea groups is 1. The molecule has 0 unspecified atom stereocenters. The van der Waals surface area contributed by atoms with Crippen LogP contribution in [0, 0.1) is 0 Å². The second-order valence-electron chi connectivity index (χ2n) is 3.63. The van der Waals surface area contributed by atoms with Crippen molar-refractivity contribution in [2.24, 2.45) is 0 Å². The molecule has 0 radical (unpaired) electrons. The van der Waals surface area contributed by atoms with Gasteiger partial charge in [-0.2, -0.15) is 0 Å². The van der Waals surface area contributed by atoms with Crippen molar-refractivity contribution in [1.29, 1.82) is 0 Å². The molecule has 5 heteroatoms. The lowest BCUT2D eigenvalue weighted by Crippen LogP contribution is -2.40. The van der Waals surface area contributed by atoms with E-state index in [0.717, 1.165) is 5.69 Å². The Kier molecular flexibility index (Phi) is 3.74. The Morgan fingerprint density at radius 2 is 1.83 bits per heavy atom. The minimum atomic E-state index is -0.445. The van der Waals surface area contributed by atoms with E-state index in [1.54, 1.807) is 36.7 Å². The zero-order chi connectivity index (χ0) is 13.0. The molecule has 0 bridgehead atoms. The van der Waals surface area contributed by atoms with E-state index in [-0.39, 0.29) is 5.91 Å². The molecule has 0 aliphatic carbocycles. The smallest absolute Gasteiger partial charge is 0.297 e. The highest BCUT2D eigenvalue weighted by molar-refractivity contribution is 7.12. The maximum Gasteiger partial charge on any atom is 0.328 e. The highest BCUT2D eigenvalue weighted by atomic mass is 32.1. The summed E-state index contributed by atoms with van der Waals surface area (Å²) in [7, 11) is 1.62. The van der Waals surface area contributed by atoms with E-state index in [1.807, 2.05) is 18.2 Å². The topological polar surface area (TPSA) is 49.4 Å². The van der Waals surface area contributed by atoms with Crippen LogP contribution in [-0.4, -0.2) is 19.0 Å². The molecule has 0 aliphatic heterocycles. The summed E-state index contributed by atoms with van der Waals surface area (Å²) in [6, 6.07) is 12.1. The Morgan fingerprint density at radius 1 is 1.11 bits per heavy atom. The van der Waals surface area contributed by atoms with Crippen molar-refractivity contribution in [3.8, 4) is 0 Å². The summed E-state index contributed by atoms with van der Waals surface area (Å²) in [6.45, 7) is 0. The van der Waals surface area contributed by atoms with Crippen LogP contribution in [0.3, 0.4) is 0 Å². The first-order valence-corrected chi connectivity index (χ1v) is 6.24. The minimum absolute atomic E-state index is 0.377. The Bertz CT molecular complexity index is 537. The fraction of sp³-hybridized carbons (Fsp3) is 0.0769. The summed E-state index contributed by atoms with van der Waals surface area (Å²) >= 11 is 1.30. The molecule has 1 N–H and O–H groups in total. The van der Waals surface area contributed by atoms with Crippen LogP contribution >= 0.6 is 11.3 Å². The number of rotatable bonds is 2. The van der Waals surface area contributed by atoms with Gasteiger partial charge in [0, 0.05) is 12.7 Å². The number of hydrogen-bond donors (Lipinski definition) is 1. The van der Waals surface area contributed by atoms with Gasteiger partial charge >= 0.3 is 6.03 Å². The zero-order valence-electron chi connectivity index (χ0n) is 9.79. The summed E-state index contributed by atoms with van der Waals surface area (Å²) in [4.78, 5) is 25.5. The first-order valence-electron chi connectivity index (χ1n) is 5.36. The standard InChI is InChI=1S/C13H12N2O2S/c1-15(10-6-3-2-4-7-10)13(17)14-12(16)11-8-5-9-18-11/h2-9H,1H3,(H,14,16,17). The Morgan fingerprint density at radius 3 is 2.44 bits per heavy atom. The predicted octanol–water partition coefficient (Wildman–Crippen LogP) is 2.73. The van der Waals surface area contributed by atoms with Crippen molar-refractivity contribution >= 4 is 29.0 Å². The lowest BCUT2D eigenvalue weighted by Gasteiger charge is -2.16. The maximum atomic E-state index is 11.8. The molecule has 3 amide bonds. The van der Waals surface area contributed by atoms with Crippen LogP contribution in [0.4, 0.5) is 10.5 Å². The number of anilines is 1. The number of carbonyl (C=O) groups excluding carboxylic acids is 2. The summed E-state index contributed by atoms with van der Waals surface area (Å²) in [5.74, 6) is -0.377. The van der Waals surface area contributed by atoms with E-state index in [4.69, 9.17) is 0 Å². The molecule has 4 nitrogen and oxygen atoms in total. The van der Waals surface area contributed by atoms with Crippen LogP contribution in [0.1, 0.15) is 9.67 Å². The van der Waals surface area contributed by atoms with Gasteiger partial charge in [0.2, 0.25) is 0 Å². The van der Waals surface area contributed by atoms with Gasteiger partial charge in [0.25, 0.3) is 5.91 Å². The number of amides is 3. The molecule has 1 aromatic carbocycles. The molecule has 2 rings (SSSR count). The third-order valence-corrected chi connectivity index (χ3v) is 3.28. The van der Waals surface area contributed by atoms with Gasteiger partial charge in [0.1, 0.15) is 0 Å². The van der Waals surface area contributed by atoms with Gasteiger partial charge in [-0.3, -0.25) is 15.0 Å². The molecule has 0 atom stereocenters. The van der Waals surface area contributed by atoms with Crippen LogP contribution < -0.4 is 10.2 Å². The summed E-state index contributed by atoms with van der Waals surface area (Å²) in [5, 5.41) is 4.13. The average molecular weight is 260 g/mol. The van der Waals surface area contributed by atoms with Crippen LogP contribution in [0.25, 0.3) is 0 Å². The number of nitrogens with one attached hydrogen (secondary N) is 1. The summed E-state index contributed by atoms with van der Waals surface area (Å²) < 4.78 is 0. The Labute approximate surface area is 109 Å². The third-order valence-electron chi connectivity index (χ3n) is 2.41. The van der Waals surface area contributed by atoms with Gasteiger partial charge < -0.3 is 0 Å². The molecule has 92 valence electrons. The molecule has 18 heavy (non-hydrogen) atoms. The van der Waals surface area contributed by atoms with E-state index in [0.29, 0.717) is 4.88 Å². The SMILES string of the molecule is CN(C(=O)NC(=O)c1cccs1)c1ccccc1. The molecule has 0 spiro atoms. The normalized spacial score (nSPS) is 9.83. The number of hydrogen-bond acceptors (Lipinski definition) is 3. The Hall–Kier alpha value is -2.14. The lowest BCUT2D eigenvalue weighted by molar-refractivity contribution is 0.0970. The van der Waals surface area contributed by atoms with Crippen molar-refractivity contribution in [1.82, 2.24) is 5.32 Å². The van der Waals surface area contributed by atoms with Gasteiger partial charge in [-0.05, 0) is 23.6 Å². The zero-order valence-corrected chi connectivity index (χ0v) is 10.6. The highest BCUT2D eigenvalue weighted by Gasteiger charge is 2.15. The highest BCUT2D eigenvalue weighted by Crippen LogP contribution is 2.12. The van der Waals surface area contributed by atoms with Crippen LogP contribution in [0.15, 0.2) is 47.8 Å². The predicted molar refractivity (Wildman–Crippen MR) is 72.0 cm³/mol. The van der Waals surface area contributed by atoms with E-state index in [2.05, 4.69) is 5.32 Å². The number of benzene rings is 1. The van der Waals surface area contributed by atoms with E-state index in [9.17, 15) is 9.59 Å².